The summed E-state index contributed by atoms with van der Waals surface area (Å²) in [5, 5.41) is 0. The van der Waals surface area contributed by atoms with Crippen LogP contribution in [0.5, 0.6) is 5.88 Å². The van der Waals surface area contributed by atoms with Gasteiger partial charge in [-0.3, -0.25) is 0 Å². The molecule has 1 heterocycles. The van der Waals surface area contributed by atoms with E-state index in [1.54, 1.807) is 12.1 Å². The highest BCUT2D eigenvalue weighted by Gasteiger charge is 1.97. The van der Waals surface area contributed by atoms with Crippen LogP contribution in [0.3, 0.4) is 0 Å². The molecular formula is C7H9BrN2O. The molecule has 0 bridgehead atoms. The van der Waals surface area contributed by atoms with Crippen LogP contribution in [-0.2, 0) is 0 Å². The van der Waals surface area contributed by atoms with Crippen molar-refractivity contribution in [3.05, 3.63) is 16.7 Å². The van der Waals surface area contributed by atoms with Gasteiger partial charge in [0.05, 0.1) is 6.61 Å². The zero-order chi connectivity index (χ0) is 8.27. The lowest BCUT2D eigenvalue weighted by Gasteiger charge is -2.02. The molecule has 11 heavy (non-hydrogen) atoms. The van der Waals surface area contributed by atoms with Gasteiger partial charge in [0.1, 0.15) is 4.60 Å². The summed E-state index contributed by atoms with van der Waals surface area (Å²) in [6.07, 6.45) is 0. The van der Waals surface area contributed by atoms with Crippen molar-refractivity contribution in [1.82, 2.24) is 4.98 Å². The van der Waals surface area contributed by atoms with E-state index in [1.807, 2.05) is 6.92 Å². The van der Waals surface area contributed by atoms with Gasteiger partial charge in [-0.25, -0.2) is 4.98 Å². The molecule has 4 heteroatoms. The van der Waals surface area contributed by atoms with E-state index in [4.69, 9.17) is 10.5 Å². The molecule has 60 valence electrons. The number of nitrogens with two attached hydrogens (primary N) is 1. The van der Waals surface area contributed by atoms with Gasteiger partial charge in [0, 0.05) is 11.8 Å². The van der Waals surface area contributed by atoms with Gasteiger partial charge in [-0.05, 0) is 28.9 Å². The van der Waals surface area contributed by atoms with Crippen molar-refractivity contribution < 1.29 is 4.74 Å². The van der Waals surface area contributed by atoms with Gasteiger partial charge in [-0.1, -0.05) is 0 Å². The molecule has 1 rings (SSSR count). The van der Waals surface area contributed by atoms with Crippen LogP contribution in [0.25, 0.3) is 0 Å². The highest BCUT2D eigenvalue weighted by atomic mass is 79.9. The Bertz CT molecular complexity index is 232. The molecule has 0 radical (unpaired) electrons. The molecule has 3 nitrogen and oxygen atoms in total. The second-order valence-electron chi connectivity index (χ2n) is 1.99. The van der Waals surface area contributed by atoms with Gasteiger partial charge in [0.25, 0.3) is 0 Å². The molecular weight excluding hydrogens is 208 g/mol. The Morgan fingerprint density at radius 3 is 2.91 bits per heavy atom. The summed E-state index contributed by atoms with van der Waals surface area (Å²) >= 11 is 3.21. The molecule has 0 aliphatic rings. The predicted molar refractivity (Wildman–Crippen MR) is 47.5 cm³/mol. The third-order valence-corrected chi connectivity index (χ3v) is 1.49. The number of nitrogen functional groups attached to an aromatic ring is 1. The first kappa shape index (κ1) is 8.33. The number of pyridine rings is 1. The largest absolute Gasteiger partial charge is 0.478 e. The minimum Gasteiger partial charge on any atom is -0.478 e. The van der Waals surface area contributed by atoms with Crippen molar-refractivity contribution in [1.29, 1.82) is 0 Å². The number of halogens is 1. The van der Waals surface area contributed by atoms with E-state index in [-0.39, 0.29) is 0 Å². The molecule has 0 saturated carbocycles. The zero-order valence-corrected chi connectivity index (χ0v) is 7.76. The lowest BCUT2D eigenvalue weighted by molar-refractivity contribution is 0.326. The summed E-state index contributed by atoms with van der Waals surface area (Å²) in [4.78, 5) is 4.04. The molecule has 1 aromatic heterocycles. The van der Waals surface area contributed by atoms with Crippen molar-refractivity contribution in [3.63, 3.8) is 0 Å². The van der Waals surface area contributed by atoms with Crippen molar-refractivity contribution >= 4 is 21.6 Å². The average Bonchev–Trinajstić information content (AvgIpc) is 1.85. The number of rotatable bonds is 2. The predicted octanol–water partition coefficient (Wildman–Crippen LogP) is 1.82. The van der Waals surface area contributed by atoms with Crippen LogP contribution in [0.2, 0.25) is 0 Å². The number of hydrogen-bond acceptors (Lipinski definition) is 3. The SMILES string of the molecule is CCOc1cc(N)cc(Br)n1. The fraction of sp³-hybridized carbons (Fsp3) is 0.286. The third kappa shape index (κ3) is 2.38. The van der Waals surface area contributed by atoms with Gasteiger partial charge in [0.15, 0.2) is 0 Å². The van der Waals surface area contributed by atoms with Crippen LogP contribution in [0.15, 0.2) is 16.7 Å². The minimum atomic E-state index is 0.555. The maximum absolute atomic E-state index is 5.54. The Balaban J connectivity index is 2.89. The lowest BCUT2D eigenvalue weighted by Crippen LogP contribution is -1.96. The molecule has 0 saturated heterocycles. The third-order valence-electron chi connectivity index (χ3n) is 1.09. The van der Waals surface area contributed by atoms with Gasteiger partial charge in [-0.15, -0.1) is 0 Å². The molecule has 0 aliphatic heterocycles. The number of aromatic nitrogens is 1. The Morgan fingerprint density at radius 1 is 1.64 bits per heavy atom. The first-order valence-electron chi connectivity index (χ1n) is 3.28. The summed E-state index contributed by atoms with van der Waals surface area (Å²) in [5.74, 6) is 0.555. The second kappa shape index (κ2) is 3.57. The summed E-state index contributed by atoms with van der Waals surface area (Å²) in [5.41, 5.74) is 6.19. The molecule has 0 amide bonds. The Hall–Kier alpha value is -0.770. The van der Waals surface area contributed by atoms with Gasteiger partial charge in [0.2, 0.25) is 5.88 Å². The molecule has 0 atom stereocenters. The van der Waals surface area contributed by atoms with Crippen molar-refractivity contribution in [2.45, 2.75) is 6.92 Å². The highest BCUT2D eigenvalue weighted by molar-refractivity contribution is 9.10. The second-order valence-corrected chi connectivity index (χ2v) is 2.81. The van der Waals surface area contributed by atoms with E-state index in [0.29, 0.717) is 22.8 Å². The van der Waals surface area contributed by atoms with Crippen LogP contribution in [0.1, 0.15) is 6.92 Å². The molecule has 0 spiro atoms. The number of hydrogen-bond donors (Lipinski definition) is 1. The van der Waals surface area contributed by atoms with Crippen LogP contribution < -0.4 is 10.5 Å². The monoisotopic (exact) mass is 216 g/mol. The fourth-order valence-corrected chi connectivity index (χ4v) is 1.15. The molecule has 0 fully saturated rings. The minimum absolute atomic E-state index is 0.555. The number of ether oxygens (including phenoxy) is 1. The normalized spacial score (nSPS) is 9.64. The Labute approximate surface area is 73.7 Å². The van der Waals surface area contributed by atoms with Crippen LogP contribution >= 0.6 is 15.9 Å². The van der Waals surface area contributed by atoms with Crippen molar-refractivity contribution in [2.24, 2.45) is 0 Å². The smallest absolute Gasteiger partial charge is 0.216 e. The Kier molecular flexibility index (Phi) is 2.70. The van der Waals surface area contributed by atoms with Crippen LogP contribution in [0, 0.1) is 0 Å². The summed E-state index contributed by atoms with van der Waals surface area (Å²) in [6, 6.07) is 3.41. The number of anilines is 1. The molecule has 0 aliphatic carbocycles. The number of nitrogens with zero attached hydrogens (tertiary/aromatic N) is 1. The van der Waals surface area contributed by atoms with Crippen molar-refractivity contribution in [2.75, 3.05) is 12.3 Å². The average molecular weight is 217 g/mol. The van der Waals surface area contributed by atoms with E-state index >= 15 is 0 Å². The van der Waals surface area contributed by atoms with E-state index < -0.39 is 0 Å². The zero-order valence-electron chi connectivity index (χ0n) is 6.17. The fourth-order valence-electron chi connectivity index (χ4n) is 0.713. The van der Waals surface area contributed by atoms with E-state index in [0.717, 1.165) is 0 Å². The van der Waals surface area contributed by atoms with E-state index in [9.17, 15) is 0 Å². The van der Waals surface area contributed by atoms with Gasteiger partial charge in [-0.2, -0.15) is 0 Å². The van der Waals surface area contributed by atoms with Gasteiger partial charge >= 0.3 is 0 Å². The summed E-state index contributed by atoms with van der Waals surface area (Å²) in [7, 11) is 0. The van der Waals surface area contributed by atoms with E-state index in [2.05, 4.69) is 20.9 Å². The maximum Gasteiger partial charge on any atom is 0.216 e. The Morgan fingerprint density at radius 2 is 2.36 bits per heavy atom. The summed E-state index contributed by atoms with van der Waals surface area (Å²) in [6.45, 7) is 2.50. The van der Waals surface area contributed by atoms with Crippen molar-refractivity contribution in [3.8, 4) is 5.88 Å². The lowest BCUT2D eigenvalue weighted by atomic mass is 10.4. The molecule has 2 N–H and O–H groups in total. The maximum atomic E-state index is 5.54. The topological polar surface area (TPSA) is 48.1 Å². The molecule has 0 aromatic carbocycles. The standard InChI is InChI=1S/C7H9BrN2O/c1-2-11-7-4-5(9)3-6(8)10-7/h3-4H,2H2,1H3,(H2,9,10). The van der Waals surface area contributed by atoms with Crippen LogP contribution in [0.4, 0.5) is 5.69 Å². The summed E-state index contributed by atoms with van der Waals surface area (Å²) < 4.78 is 5.84. The quantitative estimate of drug-likeness (QED) is 0.768. The van der Waals surface area contributed by atoms with Crippen LogP contribution in [-0.4, -0.2) is 11.6 Å². The highest BCUT2D eigenvalue weighted by Crippen LogP contribution is 2.17. The molecule has 1 aromatic rings. The van der Waals surface area contributed by atoms with Gasteiger partial charge < -0.3 is 10.5 Å². The molecule has 0 unspecified atom stereocenters. The first-order valence-corrected chi connectivity index (χ1v) is 4.07. The first-order chi connectivity index (χ1) is 5.22. The van der Waals surface area contributed by atoms with E-state index in [1.165, 1.54) is 0 Å².